The highest BCUT2D eigenvalue weighted by Gasteiger charge is 2.26. The van der Waals surface area contributed by atoms with E-state index in [4.69, 9.17) is 9.47 Å². The molecule has 2 aliphatic heterocycles. The summed E-state index contributed by atoms with van der Waals surface area (Å²) in [6.07, 6.45) is 0.860. The van der Waals surface area contributed by atoms with Crippen LogP contribution in [0.1, 0.15) is 12.5 Å². The number of benzene rings is 2. The Labute approximate surface area is 166 Å². The van der Waals surface area contributed by atoms with Gasteiger partial charge in [0.05, 0.1) is 18.8 Å². The van der Waals surface area contributed by atoms with Gasteiger partial charge in [-0.3, -0.25) is 0 Å². The first-order chi connectivity index (χ1) is 13.7. The summed E-state index contributed by atoms with van der Waals surface area (Å²) in [5, 5.41) is 3.03. The van der Waals surface area contributed by atoms with Crippen LogP contribution < -0.4 is 19.7 Å². The zero-order valence-corrected chi connectivity index (χ0v) is 16.3. The molecule has 2 aliphatic rings. The van der Waals surface area contributed by atoms with Crippen molar-refractivity contribution in [2.75, 3.05) is 44.2 Å². The second kappa shape index (κ2) is 8.42. The average Bonchev–Trinajstić information content (AvgIpc) is 3.16. The summed E-state index contributed by atoms with van der Waals surface area (Å²) in [6.45, 7) is 6.14. The van der Waals surface area contributed by atoms with Crippen LogP contribution in [0.5, 0.6) is 11.5 Å². The number of ether oxygens (including phenoxy) is 2. The molecule has 4 rings (SSSR count). The fourth-order valence-corrected chi connectivity index (χ4v) is 3.83. The van der Waals surface area contributed by atoms with Crippen molar-refractivity contribution in [1.29, 1.82) is 0 Å². The third-order valence-corrected chi connectivity index (χ3v) is 5.27. The van der Waals surface area contributed by atoms with Gasteiger partial charge in [0.25, 0.3) is 0 Å². The zero-order chi connectivity index (χ0) is 19.3. The number of nitrogens with zero attached hydrogens (tertiary/aromatic N) is 2. The summed E-state index contributed by atoms with van der Waals surface area (Å²) in [6, 6.07) is 16.1. The summed E-state index contributed by atoms with van der Waals surface area (Å²) in [5.41, 5.74) is 2.31. The van der Waals surface area contributed by atoms with Gasteiger partial charge in [-0.1, -0.05) is 30.3 Å². The van der Waals surface area contributed by atoms with Crippen molar-refractivity contribution in [2.45, 2.75) is 19.4 Å². The molecular formula is C22H27N3O3. The lowest BCUT2D eigenvalue weighted by molar-refractivity contribution is 0.182. The molecule has 2 heterocycles. The molecule has 6 heteroatoms. The number of fused-ring (bicyclic) bond motifs is 1. The third-order valence-electron chi connectivity index (χ3n) is 5.27. The van der Waals surface area contributed by atoms with E-state index in [2.05, 4.69) is 22.3 Å². The van der Waals surface area contributed by atoms with E-state index in [1.807, 2.05) is 48.2 Å². The summed E-state index contributed by atoms with van der Waals surface area (Å²) in [4.78, 5) is 16.7. The molecule has 1 fully saturated rings. The Morgan fingerprint density at radius 3 is 2.64 bits per heavy atom. The fraction of sp³-hybridized carbons (Fsp3) is 0.409. The summed E-state index contributed by atoms with van der Waals surface area (Å²) in [5.74, 6) is 1.84. The number of hydrogen-bond donors (Lipinski definition) is 1. The minimum absolute atomic E-state index is 0.0145. The van der Waals surface area contributed by atoms with E-state index < -0.39 is 0 Å². The number of anilines is 1. The van der Waals surface area contributed by atoms with E-state index in [-0.39, 0.29) is 12.1 Å². The molecule has 1 unspecified atom stereocenters. The van der Waals surface area contributed by atoms with Gasteiger partial charge in [0.2, 0.25) is 0 Å². The minimum atomic E-state index is -0.0164. The molecular weight excluding hydrogens is 354 g/mol. The summed E-state index contributed by atoms with van der Waals surface area (Å²) in [7, 11) is 0. The van der Waals surface area contributed by atoms with Gasteiger partial charge in [0.1, 0.15) is 17.6 Å². The highest BCUT2D eigenvalue weighted by atomic mass is 16.5. The van der Waals surface area contributed by atoms with Crippen LogP contribution in [0, 0.1) is 0 Å². The lowest BCUT2D eigenvalue weighted by Crippen LogP contribution is -2.53. The molecule has 148 valence electrons. The van der Waals surface area contributed by atoms with Gasteiger partial charge in [-0.15, -0.1) is 0 Å². The molecule has 2 aromatic rings. The highest BCUT2D eigenvalue weighted by molar-refractivity contribution is 5.74. The smallest absolute Gasteiger partial charge is 0.317 e. The standard InChI is InChI=1S/C22H27N3O3/c1-2-27-21-10-6-4-8-19(21)24-11-13-25(14-12-24)22(26)23-16-18-15-17-7-3-5-9-20(17)28-18/h3-10,18H,2,11-16H2,1H3,(H,23,26). The van der Waals surface area contributed by atoms with Crippen LogP contribution in [0.15, 0.2) is 48.5 Å². The van der Waals surface area contributed by atoms with Crippen LogP contribution in [0.3, 0.4) is 0 Å². The lowest BCUT2D eigenvalue weighted by atomic mass is 10.1. The van der Waals surface area contributed by atoms with Gasteiger partial charge in [-0.25, -0.2) is 4.79 Å². The number of nitrogens with one attached hydrogen (secondary N) is 1. The van der Waals surface area contributed by atoms with Crippen LogP contribution >= 0.6 is 0 Å². The summed E-state index contributed by atoms with van der Waals surface area (Å²) >= 11 is 0. The van der Waals surface area contributed by atoms with Crippen LogP contribution in [-0.4, -0.2) is 56.4 Å². The number of para-hydroxylation sites is 3. The number of urea groups is 1. The maximum Gasteiger partial charge on any atom is 0.317 e. The Morgan fingerprint density at radius 2 is 1.86 bits per heavy atom. The Morgan fingerprint density at radius 1 is 1.11 bits per heavy atom. The average molecular weight is 381 g/mol. The highest BCUT2D eigenvalue weighted by Crippen LogP contribution is 2.29. The van der Waals surface area contributed by atoms with Gasteiger partial charge < -0.3 is 24.6 Å². The van der Waals surface area contributed by atoms with Crippen LogP contribution in [0.2, 0.25) is 0 Å². The van der Waals surface area contributed by atoms with E-state index in [9.17, 15) is 4.79 Å². The number of amides is 2. The monoisotopic (exact) mass is 381 g/mol. The van der Waals surface area contributed by atoms with E-state index in [0.717, 1.165) is 36.7 Å². The van der Waals surface area contributed by atoms with E-state index in [1.54, 1.807) is 0 Å². The number of carbonyl (C=O) groups excluding carboxylic acids is 1. The van der Waals surface area contributed by atoms with Gasteiger partial charge in [0.15, 0.2) is 0 Å². The van der Waals surface area contributed by atoms with Crippen LogP contribution in [-0.2, 0) is 6.42 Å². The Bertz CT molecular complexity index is 793. The zero-order valence-electron chi connectivity index (χ0n) is 16.3. The molecule has 0 bridgehead atoms. The fourth-order valence-electron chi connectivity index (χ4n) is 3.83. The molecule has 1 N–H and O–H groups in total. The first kappa shape index (κ1) is 18.5. The first-order valence-corrected chi connectivity index (χ1v) is 9.98. The molecule has 2 amide bonds. The lowest BCUT2D eigenvalue weighted by Gasteiger charge is -2.36. The molecule has 1 saturated heterocycles. The predicted molar refractivity (Wildman–Crippen MR) is 109 cm³/mol. The molecule has 0 aromatic heterocycles. The van der Waals surface area contributed by atoms with E-state index >= 15 is 0 Å². The largest absolute Gasteiger partial charge is 0.492 e. The number of hydrogen-bond acceptors (Lipinski definition) is 4. The topological polar surface area (TPSA) is 54.0 Å². The molecule has 6 nitrogen and oxygen atoms in total. The molecule has 28 heavy (non-hydrogen) atoms. The summed E-state index contributed by atoms with van der Waals surface area (Å²) < 4.78 is 11.6. The normalized spacial score (nSPS) is 18.4. The Hall–Kier alpha value is -2.89. The van der Waals surface area contributed by atoms with E-state index in [1.165, 1.54) is 5.56 Å². The second-order valence-corrected chi connectivity index (χ2v) is 7.11. The van der Waals surface area contributed by atoms with Crippen LogP contribution in [0.4, 0.5) is 10.5 Å². The Balaban J connectivity index is 1.26. The second-order valence-electron chi connectivity index (χ2n) is 7.11. The maximum atomic E-state index is 12.6. The number of rotatable bonds is 5. The molecule has 0 radical (unpaired) electrons. The molecule has 0 spiro atoms. The van der Waals surface area contributed by atoms with Crippen molar-refractivity contribution in [3.63, 3.8) is 0 Å². The first-order valence-electron chi connectivity index (χ1n) is 9.98. The number of carbonyl (C=O) groups is 1. The Kier molecular flexibility index (Phi) is 5.55. The molecule has 0 saturated carbocycles. The van der Waals surface area contributed by atoms with Crippen molar-refractivity contribution < 1.29 is 14.3 Å². The minimum Gasteiger partial charge on any atom is -0.492 e. The van der Waals surface area contributed by atoms with Crippen molar-refractivity contribution in [1.82, 2.24) is 10.2 Å². The van der Waals surface area contributed by atoms with Crippen molar-refractivity contribution in [2.24, 2.45) is 0 Å². The molecule has 0 aliphatic carbocycles. The van der Waals surface area contributed by atoms with Crippen molar-refractivity contribution in [3.05, 3.63) is 54.1 Å². The molecule has 2 aromatic carbocycles. The van der Waals surface area contributed by atoms with Crippen molar-refractivity contribution in [3.8, 4) is 11.5 Å². The van der Waals surface area contributed by atoms with Gasteiger partial charge in [0, 0.05) is 32.6 Å². The van der Waals surface area contributed by atoms with Crippen LogP contribution in [0.25, 0.3) is 0 Å². The SMILES string of the molecule is CCOc1ccccc1N1CCN(C(=O)NCC2Cc3ccccc3O2)CC1. The van der Waals surface area contributed by atoms with E-state index in [0.29, 0.717) is 26.2 Å². The van der Waals surface area contributed by atoms with Gasteiger partial charge in [-0.2, -0.15) is 0 Å². The maximum absolute atomic E-state index is 12.6. The third kappa shape index (κ3) is 4.01. The number of piperazine rings is 1. The quantitative estimate of drug-likeness (QED) is 0.865. The van der Waals surface area contributed by atoms with Crippen molar-refractivity contribution >= 4 is 11.7 Å². The molecule has 1 atom stereocenters. The predicted octanol–water partition coefficient (Wildman–Crippen LogP) is 2.92. The van der Waals surface area contributed by atoms with Gasteiger partial charge in [-0.05, 0) is 30.7 Å². The van der Waals surface area contributed by atoms with Gasteiger partial charge >= 0.3 is 6.03 Å².